The number of rotatable bonds is 5. The number of aromatic nitrogens is 1. The molecule has 0 aliphatic carbocycles. The highest BCUT2D eigenvalue weighted by atomic mass is 16.6. The van der Waals surface area contributed by atoms with Gasteiger partial charge in [0.1, 0.15) is 5.76 Å². The third kappa shape index (κ3) is 4.20. The van der Waals surface area contributed by atoms with Crippen molar-refractivity contribution in [1.29, 1.82) is 0 Å². The van der Waals surface area contributed by atoms with E-state index in [1.165, 1.54) is 19.2 Å². The summed E-state index contributed by atoms with van der Waals surface area (Å²) >= 11 is 0. The topological polar surface area (TPSA) is 122 Å². The molecule has 0 bridgehead atoms. The molecule has 3 rings (SSSR count). The number of piperazine rings is 1. The van der Waals surface area contributed by atoms with Crippen molar-refractivity contribution in [3.63, 3.8) is 0 Å². The number of non-ortho nitro benzene ring substituents is 1. The summed E-state index contributed by atoms with van der Waals surface area (Å²) in [4.78, 5) is 39.1. The highest BCUT2D eigenvalue weighted by molar-refractivity contribution is 6.00. The van der Waals surface area contributed by atoms with Crippen molar-refractivity contribution in [3.8, 4) is 0 Å². The van der Waals surface area contributed by atoms with Crippen molar-refractivity contribution >= 4 is 23.2 Å². The Kier molecular flexibility index (Phi) is 5.81. The van der Waals surface area contributed by atoms with Crippen LogP contribution < -0.4 is 10.2 Å². The predicted molar refractivity (Wildman–Crippen MR) is 105 cm³/mol. The second-order valence-corrected chi connectivity index (χ2v) is 6.89. The average molecular weight is 401 g/mol. The van der Waals surface area contributed by atoms with E-state index in [1.54, 1.807) is 17.9 Å². The van der Waals surface area contributed by atoms with E-state index in [0.717, 1.165) is 11.3 Å². The van der Waals surface area contributed by atoms with Crippen LogP contribution >= 0.6 is 0 Å². The molecular formula is C19H23N5O5. The third-order valence-electron chi connectivity index (χ3n) is 5.14. The van der Waals surface area contributed by atoms with Crippen LogP contribution in [0.4, 0.5) is 11.4 Å². The first kappa shape index (κ1) is 20.3. The molecule has 0 saturated carbocycles. The number of nitro benzene ring substituents is 1. The highest BCUT2D eigenvalue weighted by Crippen LogP contribution is 2.27. The number of carbonyl (C=O) groups excluding carboxylic acids is 2. The minimum Gasteiger partial charge on any atom is -0.367 e. The molecule has 0 atom stereocenters. The molecule has 1 aliphatic heterocycles. The van der Waals surface area contributed by atoms with Gasteiger partial charge in [0.05, 0.1) is 28.3 Å². The van der Waals surface area contributed by atoms with E-state index in [-0.39, 0.29) is 29.5 Å². The maximum Gasteiger partial charge on any atom is 0.270 e. The number of benzene rings is 1. The van der Waals surface area contributed by atoms with Crippen molar-refractivity contribution in [2.75, 3.05) is 38.1 Å². The van der Waals surface area contributed by atoms with Crippen LogP contribution in [0.2, 0.25) is 0 Å². The van der Waals surface area contributed by atoms with Gasteiger partial charge in [0.25, 0.3) is 11.6 Å². The first-order chi connectivity index (χ1) is 13.8. The van der Waals surface area contributed by atoms with E-state index >= 15 is 0 Å². The van der Waals surface area contributed by atoms with Gasteiger partial charge in [0.2, 0.25) is 5.91 Å². The van der Waals surface area contributed by atoms with Gasteiger partial charge in [-0.3, -0.25) is 19.7 Å². The lowest BCUT2D eigenvalue weighted by atomic mass is 10.1. The van der Waals surface area contributed by atoms with Gasteiger partial charge in [-0.2, -0.15) is 0 Å². The Morgan fingerprint density at radius 3 is 2.48 bits per heavy atom. The maximum absolute atomic E-state index is 12.7. The molecule has 2 aromatic rings. The van der Waals surface area contributed by atoms with Gasteiger partial charge in [-0.25, -0.2) is 0 Å². The van der Waals surface area contributed by atoms with Crippen LogP contribution in [0.1, 0.15) is 27.4 Å². The summed E-state index contributed by atoms with van der Waals surface area (Å²) in [6.45, 7) is 5.63. The Morgan fingerprint density at radius 1 is 1.24 bits per heavy atom. The van der Waals surface area contributed by atoms with Crippen molar-refractivity contribution in [3.05, 3.63) is 50.9 Å². The molecular weight excluding hydrogens is 378 g/mol. The lowest BCUT2D eigenvalue weighted by Crippen LogP contribution is -2.49. The number of hydrogen-bond donors (Lipinski definition) is 1. The van der Waals surface area contributed by atoms with Gasteiger partial charge in [-0.1, -0.05) is 5.16 Å². The fourth-order valence-corrected chi connectivity index (χ4v) is 3.44. The Hall–Kier alpha value is -3.43. The number of nitro groups is 1. The van der Waals surface area contributed by atoms with Crippen LogP contribution in [0.15, 0.2) is 22.7 Å². The SMILES string of the molecule is CNC(=O)c1cc([N+](=O)[O-])ccc1N1CCN(C(=O)Cc2c(C)noc2C)CC1. The molecule has 2 heterocycles. The summed E-state index contributed by atoms with van der Waals surface area (Å²) < 4.78 is 5.12. The fourth-order valence-electron chi connectivity index (χ4n) is 3.44. The van der Waals surface area contributed by atoms with Crippen LogP contribution in [0, 0.1) is 24.0 Å². The fraction of sp³-hybridized carbons (Fsp3) is 0.421. The Morgan fingerprint density at radius 2 is 1.93 bits per heavy atom. The third-order valence-corrected chi connectivity index (χ3v) is 5.14. The zero-order valence-electron chi connectivity index (χ0n) is 16.6. The molecule has 1 aromatic heterocycles. The molecule has 1 aliphatic rings. The van der Waals surface area contributed by atoms with Gasteiger partial charge < -0.3 is 19.6 Å². The summed E-state index contributed by atoms with van der Waals surface area (Å²) in [6, 6.07) is 4.25. The summed E-state index contributed by atoms with van der Waals surface area (Å²) in [5.41, 5.74) is 2.26. The van der Waals surface area contributed by atoms with E-state index in [9.17, 15) is 19.7 Å². The van der Waals surface area contributed by atoms with Crippen molar-refractivity contribution in [2.45, 2.75) is 20.3 Å². The minimum atomic E-state index is -0.526. The highest BCUT2D eigenvalue weighted by Gasteiger charge is 2.26. The quantitative estimate of drug-likeness (QED) is 0.594. The molecule has 154 valence electrons. The first-order valence-electron chi connectivity index (χ1n) is 9.26. The summed E-state index contributed by atoms with van der Waals surface area (Å²) in [5, 5.41) is 17.5. The second kappa shape index (κ2) is 8.29. The monoisotopic (exact) mass is 401 g/mol. The molecule has 1 saturated heterocycles. The number of amides is 2. The molecule has 0 unspecified atom stereocenters. The Balaban J connectivity index is 1.71. The first-order valence-corrected chi connectivity index (χ1v) is 9.26. The molecule has 10 nitrogen and oxygen atoms in total. The number of aryl methyl sites for hydroxylation is 2. The van der Waals surface area contributed by atoms with Gasteiger partial charge in [-0.05, 0) is 19.9 Å². The van der Waals surface area contributed by atoms with Crippen molar-refractivity contribution in [2.24, 2.45) is 0 Å². The summed E-state index contributed by atoms with van der Waals surface area (Å²) in [6.07, 6.45) is 0.238. The zero-order chi connectivity index (χ0) is 21.1. The second-order valence-electron chi connectivity index (χ2n) is 6.89. The van der Waals surface area contributed by atoms with E-state index in [0.29, 0.717) is 37.6 Å². The van der Waals surface area contributed by atoms with Crippen LogP contribution in [0.3, 0.4) is 0 Å². The van der Waals surface area contributed by atoms with E-state index in [1.807, 2.05) is 11.8 Å². The van der Waals surface area contributed by atoms with E-state index in [2.05, 4.69) is 10.5 Å². The minimum absolute atomic E-state index is 0.00530. The standard InChI is InChI=1S/C19H23N5O5/c1-12-15(13(2)29-21-12)11-18(25)23-8-6-22(7-9-23)17-5-4-14(24(27)28)10-16(17)19(26)20-3/h4-5,10H,6-9,11H2,1-3H3,(H,20,26). The van der Waals surface area contributed by atoms with Crippen LogP contribution in [-0.4, -0.2) is 60.0 Å². The lowest BCUT2D eigenvalue weighted by molar-refractivity contribution is -0.384. The number of anilines is 1. The molecule has 10 heteroatoms. The normalized spacial score (nSPS) is 14.0. The van der Waals surface area contributed by atoms with Crippen LogP contribution in [0.25, 0.3) is 0 Å². The molecule has 0 spiro atoms. The Labute approximate surface area is 167 Å². The number of hydrogen-bond acceptors (Lipinski definition) is 7. The molecule has 1 fully saturated rings. The summed E-state index contributed by atoms with van der Waals surface area (Å²) in [5.74, 6) is 0.255. The maximum atomic E-state index is 12.7. The zero-order valence-corrected chi connectivity index (χ0v) is 16.6. The van der Waals surface area contributed by atoms with Gasteiger partial charge in [-0.15, -0.1) is 0 Å². The smallest absolute Gasteiger partial charge is 0.270 e. The van der Waals surface area contributed by atoms with Crippen molar-refractivity contribution < 1.29 is 19.0 Å². The molecule has 1 aromatic carbocycles. The molecule has 2 amide bonds. The summed E-state index contributed by atoms with van der Waals surface area (Å²) in [7, 11) is 1.48. The van der Waals surface area contributed by atoms with E-state index < -0.39 is 4.92 Å². The lowest BCUT2D eigenvalue weighted by Gasteiger charge is -2.36. The number of nitrogens with one attached hydrogen (secondary N) is 1. The number of carbonyl (C=O) groups is 2. The predicted octanol–water partition coefficient (Wildman–Crippen LogP) is 1.45. The van der Waals surface area contributed by atoms with Crippen LogP contribution in [0.5, 0.6) is 0 Å². The molecule has 1 N–H and O–H groups in total. The largest absolute Gasteiger partial charge is 0.367 e. The average Bonchev–Trinajstić information content (AvgIpc) is 3.04. The molecule has 0 radical (unpaired) electrons. The van der Waals surface area contributed by atoms with Gasteiger partial charge >= 0.3 is 0 Å². The Bertz CT molecular complexity index is 927. The molecule has 29 heavy (non-hydrogen) atoms. The van der Waals surface area contributed by atoms with Gasteiger partial charge in [0, 0.05) is 50.9 Å². The van der Waals surface area contributed by atoms with Gasteiger partial charge in [0.15, 0.2) is 0 Å². The van der Waals surface area contributed by atoms with Crippen LogP contribution in [-0.2, 0) is 11.2 Å². The number of nitrogens with zero attached hydrogens (tertiary/aromatic N) is 4. The van der Waals surface area contributed by atoms with Crippen molar-refractivity contribution in [1.82, 2.24) is 15.4 Å². The van der Waals surface area contributed by atoms with E-state index in [4.69, 9.17) is 4.52 Å².